The van der Waals surface area contributed by atoms with E-state index in [1.807, 2.05) is 0 Å². The first-order valence-electron chi connectivity index (χ1n) is 20.4. The highest BCUT2D eigenvalue weighted by molar-refractivity contribution is 5.87. The fraction of sp³-hybridized carbons (Fsp3) is 0.208. The average molecular weight is 713 g/mol. The van der Waals surface area contributed by atoms with E-state index in [1.165, 1.54) is 114 Å². The number of hydrogen-bond donors (Lipinski definition) is 0. The predicted octanol–water partition coefficient (Wildman–Crippen LogP) is 14.7. The van der Waals surface area contributed by atoms with Crippen LogP contribution in [0.25, 0.3) is 11.1 Å². The van der Waals surface area contributed by atoms with Crippen LogP contribution in [0.1, 0.15) is 80.0 Å². The molecule has 10 rings (SSSR count). The maximum atomic E-state index is 2.47. The van der Waals surface area contributed by atoms with Gasteiger partial charge in [0.15, 0.2) is 0 Å². The van der Waals surface area contributed by atoms with E-state index in [-0.39, 0.29) is 10.8 Å². The van der Waals surface area contributed by atoms with Gasteiger partial charge in [-0.1, -0.05) is 141 Å². The second-order valence-electron chi connectivity index (χ2n) is 16.0. The molecule has 3 aliphatic rings. The molecule has 0 N–H and O–H groups in total. The lowest BCUT2D eigenvalue weighted by molar-refractivity contribution is 0.346. The molecular formula is C53H48N2. The van der Waals surface area contributed by atoms with Crippen molar-refractivity contribution < 1.29 is 0 Å². The highest BCUT2D eigenvalue weighted by Gasteiger charge is 2.45. The van der Waals surface area contributed by atoms with E-state index in [1.54, 1.807) is 0 Å². The third kappa shape index (κ3) is 5.78. The molecule has 3 aliphatic carbocycles. The van der Waals surface area contributed by atoms with Crippen LogP contribution in [0.15, 0.2) is 182 Å². The van der Waals surface area contributed by atoms with Crippen molar-refractivity contribution >= 4 is 34.1 Å². The van der Waals surface area contributed by atoms with Crippen LogP contribution in [0.5, 0.6) is 0 Å². The van der Waals surface area contributed by atoms with Crippen molar-refractivity contribution in [2.75, 3.05) is 9.80 Å². The van der Waals surface area contributed by atoms with Crippen LogP contribution in [0.3, 0.4) is 0 Å². The Bertz CT molecular complexity index is 2350. The molecule has 1 spiro atoms. The minimum atomic E-state index is -0.00983. The van der Waals surface area contributed by atoms with Gasteiger partial charge in [-0.2, -0.15) is 0 Å². The second kappa shape index (κ2) is 14.1. The zero-order chi connectivity index (χ0) is 36.7. The van der Waals surface area contributed by atoms with E-state index in [2.05, 4.69) is 192 Å². The van der Waals surface area contributed by atoms with Gasteiger partial charge in [0.25, 0.3) is 0 Å². The Kier molecular flexibility index (Phi) is 8.63. The van der Waals surface area contributed by atoms with E-state index in [0.717, 1.165) is 11.4 Å². The fourth-order valence-electron chi connectivity index (χ4n) is 10.5. The summed E-state index contributed by atoms with van der Waals surface area (Å²) >= 11 is 0. The van der Waals surface area contributed by atoms with Gasteiger partial charge in [-0.15, -0.1) is 0 Å². The van der Waals surface area contributed by atoms with Crippen LogP contribution >= 0.6 is 0 Å². The number of anilines is 6. The molecule has 0 atom stereocenters. The van der Waals surface area contributed by atoms with E-state index < -0.39 is 0 Å². The second-order valence-corrected chi connectivity index (χ2v) is 16.0. The number of rotatable bonds is 8. The summed E-state index contributed by atoms with van der Waals surface area (Å²) in [6.07, 6.45) is 11.3. The van der Waals surface area contributed by atoms with Gasteiger partial charge in [-0.3, -0.25) is 0 Å². The van der Waals surface area contributed by atoms with Crippen molar-refractivity contribution in [3.05, 3.63) is 204 Å². The molecule has 2 saturated carbocycles. The van der Waals surface area contributed by atoms with Crippen LogP contribution in [-0.2, 0) is 10.8 Å². The standard InChI is InChI=1S/C53H48N2/c1-5-17-42(18-6-1)54(43-19-7-2-8-20-43)45-29-25-40(26-30-45)52(35-13-4-14-36-52)41-27-31-46(32-28-41)55(44-21-9-3-10-22-44)47-33-34-51-49(39-47)48-23-11-12-24-50(48)53(51)37-15-16-38-53/h1-3,5-12,17-34,39H,4,13-16,35-38H2. The average Bonchev–Trinajstić information content (AvgIpc) is 3.86. The summed E-state index contributed by atoms with van der Waals surface area (Å²) < 4.78 is 0. The van der Waals surface area contributed by atoms with Gasteiger partial charge in [0.1, 0.15) is 0 Å². The van der Waals surface area contributed by atoms with Crippen molar-refractivity contribution in [2.24, 2.45) is 0 Å². The number of benzene rings is 7. The van der Waals surface area contributed by atoms with Gasteiger partial charge in [0.05, 0.1) is 0 Å². The van der Waals surface area contributed by atoms with Crippen molar-refractivity contribution in [1.29, 1.82) is 0 Å². The molecule has 2 fully saturated rings. The van der Waals surface area contributed by atoms with E-state index in [4.69, 9.17) is 0 Å². The molecule has 0 unspecified atom stereocenters. The number of nitrogens with zero attached hydrogens (tertiary/aromatic N) is 2. The van der Waals surface area contributed by atoms with Crippen molar-refractivity contribution in [1.82, 2.24) is 0 Å². The van der Waals surface area contributed by atoms with Crippen LogP contribution in [-0.4, -0.2) is 0 Å². The third-order valence-electron chi connectivity index (χ3n) is 13.1. The van der Waals surface area contributed by atoms with Crippen LogP contribution in [0, 0.1) is 0 Å². The molecule has 270 valence electrons. The van der Waals surface area contributed by atoms with E-state index >= 15 is 0 Å². The van der Waals surface area contributed by atoms with Crippen LogP contribution in [0.4, 0.5) is 34.1 Å². The smallest absolute Gasteiger partial charge is 0.0468 e. The molecule has 0 amide bonds. The lowest BCUT2D eigenvalue weighted by Gasteiger charge is -2.39. The quantitative estimate of drug-likeness (QED) is 0.155. The summed E-state index contributed by atoms with van der Waals surface area (Å²) in [5.41, 5.74) is 16.0. The van der Waals surface area contributed by atoms with E-state index in [9.17, 15) is 0 Å². The Hall–Kier alpha value is -5.86. The number of para-hydroxylation sites is 3. The first kappa shape index (κ1) is 33.7. The van der Waals surface area contributed by atoms with Crippen LogP contribution in [0.2, 0.25) is 0 Å². The summed E-state index contributed by atoms with van der Waals surface area (Å²) in [5.74, 6) is 0. The van der Waals surface area contributed by atoms with Gasteiger partial charge in [-0.05, 0) is 132 Å². The largest absolute Gasteiger partial charge is 0.311 e. The molecule has 7 aromatic carbocycles. The molecule has 7 aromatic rings. The van der Waals surface area contributed by atoms with Gasteiger partial charge in [-0.25, -0.2) is 0 Å². The monoisotopic (exact) mass is 712 g/mol. The zero-order valence-corrected chi connectivity index (χ0v) is 31.6. The molecule has 0 radical (unpaired) electrons. The normalized spacial score (nSPS) is 16.4. The minimum Gasteiger partial charge on any atom is -0.311 e. The van der Waals surface area contributed by atoms with Gasteiger partial charge >= 0.3 is 0 Å². The summed E-state index contributed by atoms with van der Waals surface area (Å²) in [5, 5.41) is 0. The summed E-state index contributed by atoms with van der Waals surface area (Å²) in [6, 6.07) is 67.9. The highest BCUT2D eigenvalue weighted by Crippen LogP contribution is 2.58. The summed E-state index contributed by atoms with van der Waals surface area (Å²) in [4.78, 5) is 4.81. The SMILES string of the molecule is c1ccc(N(c2ccccc2)c2ccc(C3(c4ccc(N(c5ccccc5)c5ccc6c(c5)-c5ccccc5C65CCCC5)cc4)CCCCC3)cc2)cc1. The lowest BCUT2D eigenvalue weighted by Crippen LogP contribution is -2.30. The maximum absolute atomic E-state index is 2.47. The molecule has 2 nitrogen and oxygen atoms in total. The van der Waals surface area contributed by atoms with Gasteiger partial charge in [0.2, 0.25) is 0 Å². The first-order valence-corrected chi connectivity index (χ1v) is 20.4. The molecule has 0 aliphatic heterocycles. The van der Waals surface area contributed by atoms with Gasteiger partial charge in [0, 0.05) is 45.0 Å². The van der Waals surface area contributed by atoms with Crippen molar-refractivity contribution in [3.8, 4) is 11.1 Å². The van der Waals surface area contributed by atoms with Gasteiger partial charge < -0.3 is 9.80 Å². The Morgan fingerprint density at radius 3 is 1.20 bits per heavy atom. The third-order valence-corrected chi connectivity index (χ3v) is 13.1. The Labute approximate surface area is 326 Å². The molecule has 0 heterocycles. The Balaban J connectivity index is 1.02. The molecular weight excluding hydrogens is 665 g/mol. The topological polar surface area (TPSA) is 6.48 Å². The molecule has 0 aromatic heterocycles. The highest BCUT2D eigenvalue weighted by atomic mass is 15.1. The number of hydrogen-bond acceptors (Lipinski definition) is 2. The predicted molar refractivity (Wildman–Crippen MR) is 231 cm³/mol. The molecule has 0 bridgehead atoms. The fourth-order valence-corrected chi connectivity index (χ4v) is 10.5. The lowest BCUT2D eigenvalue weighted by atomic mass is 9.65. The molecule has 2 heteroatoms. The first-order chi connectivity index (χ1) is 27.2. The number of fused-ring (bicyclic) bond motifs is 5. The molecule has 55 heavy (non-hydrogen) atoms. The van der Waals surface area contributed by atoms with Crippen molar-refractivity contribution in [2.45, 2.75) is 68.6 Å². The molecule has 0 saturated heterocycles. The minimum absolute atomic E-state index is 0.00983. The van der Waals surface area contributed by atoms with Crippen molar-refractivity contribution in [3.63, 3.8) is 0 Å². The summed E-state index contributed by atoms with van der Waals surface area (Å²) in [6.45, 7) is 0. The Morgan fingerprint density at radius 1 is 0.291 bits per heavy atom. The van der Waals surface area contributed by atoms with Crippen LogP contribution < -0.4 is 9.80 Å². The summed E-state index contributed by atoms with van der Waals surface area (Å²) in [7, 11) is 0. The van der Waals surface area contributed by atoms with E-state index in [0.29, 0.717) is 0 Å². The zero-order valence-electron chi connectivity index (χ0n) is 31.6. The Morgan fingerprint density at radius 2 is 0.673 bits per heavy atom. The maximum Gasteiger partial charge on any atom is 0.0468 e.